The van der Waals surface area contributed by atoms with E-state index in [4.69, 9.17) is 4.74 Å². The molecular weight excluding hydrogens is 264 g/mol. The summed E-state index contributed by atoms with van der Waals surface area (Å²) in [7, 11) is 1.65. The van der Waals surface area contributed by atoms with E-state index in [2.05, 4.69) is 10.6 Å². The normalized spacial score (nSPS) is 29.0. The fourth-order valence-electron chi connectivity index (χ4n) is 3.56. The Balaban J connectivity index is 1.61. The van der Waals surface area contributed by atoms with E-state index in [0.717, 1.165) is 24.2 Å². The molecule has 4 heteroatoms. The number of benzene rings is 1. The minimum Gasteiger partial charge on any atom is -0.497 e. The molecule has 0 radical (unpaired) electrons. The van der Waals surface area contributed by atoms with E-state index in [-0.39, 0.29) is 11.8 Å². The summed E-state index contributed by atoms with van der Waals surface area (Å²) in [6, 6.07) is 9.28. The number of ether oxygens (including phenoxy) is 1. The lowest BCUT2D eigenvalue weighted by Gasteiger charge is -2.30. The highest BCUT2D eigenvalue weighted by molar-refractivity contribution is 5.83. The van der Waals surface area contributed by atoms with Crippen LogP contribution in [0.1, 0.15) is 44.1 Å². The molecule has 2 N–H and O–H groups in total. The molecule has 2 saturated heterocycles. The van der Waals surface area contributed by atoms with E-state index in [1.165, 1.54) is 12.8 Å². The van der Waals surface area contributed by atoms with Gasteiger partial charge in [-0.1, -0.05) is 12.1 Å². The third kappa shape index (κ3) is 3.21. The van der Waals surface area contributed by atoms with Crippen molar-refractivity contribution in [3.8, 4) is 5.75 Å². The summed E-state index contributed by atoms with van der Waals surface area (Å²) in [4.78, 5) is 12.5. The molecule has 1 amide bonds. The van der Waals surface area contributed by atoms with Crippen molar-refractivity contribution in [2.75, 3.05) is 7.11 Å². The van der Waals surface area contributed by atoms with Crippen LogP contribution in [0.15, 0.2) is 24.3 Å². The Morgan fingerprint density at radius 3 is 2.71 bits per heavy atom. The fraction of sp³-hybridized carbons (Fsp3) is 0.588. The quantitative estimate of drug-likeness (QED) is 0.893. The molecule has 0 spiro atoms. The lowest BCUT2D eigenvalue weighted by Crippen LogP contribution is -2.48. The first-order chi connectivity index (χ1) is 10.2. The molecule has 3 rings (SSSR count). The van der Waals surface area contributed by atoms with Gasteiger partial charge in [0.05, 0.1) is 13.0 Å². The van der Waals surface area contributed by atoms with Crippen LogP contribution < -0.4 is 15.4 Å². The second kappa shape index (κ2) is 6.06. The van der Waals surface area contributed by atoms with Gasteiger partial charge in [-0.05, 0) is 50.3 Å². The molecule has 0 saturated carbocycles. The zero-order valence-electron chi connectivity index (χ0n) is 12.8. The Morgan fingerprint density at radius 2 is 2.05 bits per heavy atom. The number of carbonyl (C=O) groups is 1. The zero-order valence-corrected chi connectivity index (χ0v) is 12.8. The van der Waals surface area contributed by atoms with Gasteiger partial charge in [-0.25, -0.2) is 0 Å². The van der Waals surface area contributed by atoms with Crippen LogP contribution in [0.2, 0.25) is 0 Å². The van der Waals surface area contributed by atoms with Crippen LogP contribution in [0, 0.1) is 0 Å². The molecule has 2 fully saturated rings. The molecule has 1 aromatic rings. The summed E-state index contributed by atoms with van der Waals surface area (Å²) in [6.07, 6.45) is 4.63. The Labute approximate surface area is 126 Å². The summed E-state index contributed by atoms with van der Waals surface area (Å²) in [6.45, 7) is 1.96. The predicted octanol–water partition coefficient (Wildman–Crippen LogP) is 2.20. The Hall–Kier alpha value is -1.55. The van der Waals surface area contributed by atoms with Crippen molar-refractivity contribution in [1.29, 1.82) is 0 Å². The van der Waals surface area contributed by atoms with Gasteiger partial charge in [-0.15, -0.1) is 0 Å². The van der Waals surface area contributed by atoms with Crippen LogP contribution in [-0.4, -0.2) is 31.1 Å². The second-order valence-electron chi connectivity index (χ2n) is 6.31. The minimum absolute atomic E-state index is 0.120. The number of piperidine rings is 1. The van der Waals surface area contributed by atoms with Gasteiger partial charge < -0.3 is 15.4 Å². The molecule has 4 nitrogen and oxygen atoms in total. The molecular formula is C17H24N2O2. The molecule has 114 valence electrons. The van der Waals surface area contributed by atoms with Crippen molar-refractivity contribution in [3.05, 3.63) is 29.8 Å². The van der Waals surface area contributed by atoms with Crippen LogP contribution in [0.25, 0.3) is 0 Å². The molecule has 2 aliphatic rings. The SMILES string of the molecule is COc1cccc(C(C)C(=O)NC2CC3CCC(C2)N3)c1. The van der Waals surface area contributed by atoms with Gasteiger partial charge in [0.1, 0.15) is 5.75 Å². The number of carbonyl (C=O) groups excluding carboxylic acids is 1. The average molecular weight is 288 g/mol. The number of hydrogen-bond donors (Lipinski definition) is 2. The molecule has 2 aliphatic heterocycles. The van der Waals surface area contributed by atoms with Crippen LogP contribution in [-0.2, 0) is 4.79 Å². The van der Waals surface area contributed by atoms with Gasteiger partial charge in [0, 0.05) is 18.1 Å². The van der Waals surface area contributed by atoms with Gasteiger partial charge >= 0.3 is 0 Å². The van der Waals surface area contributed by atoms with Crippen molar-refractivity contribution in [2.45, 2.75) is 56.7 Å². The maximum absolute atomic E-state index is 12.5. The van der Waals surface area contributed by atoms with Gasteiger partial charge in [0.15, 0.2) is 0 Å². The number of fused-ring (bicyclic) bond motifs is 2. The lowest BCUT2D eigenvalue weighted by molar-refractivity contribution is -0.123. The predicted molar refractivity (Wildman–Crippen MR) is 82.5 cm³/mol. The highest BCUT2D eigenvalue weighted by Gasteiger charge is 2.34. The molecule has 3 unspecified atom stereocenters. The van der Waals surface area contributed by atoms with Gasteiger partial charge in [0.25, 0.3) is 0 Å². The van der Waals surface area contributed by atoms with Crippen molar-refractivity contribution < 1.29 is 9.53 Å². The first-order valence-electron chi connectivity index (χ1n) is 7.86. The summed E-state index contributed by atoms with van der Waals surface area (Å²) in [5, 5.41) is 6.84. The Bertz CT molecular complexity index is 505. The highest BCUT2D eigenvalue weighted by Crippen LogP contribution is 2.27. The largest absolute Gasteiger partial charge is 0.497 e. The zero-order chi connectivity index (χ0) is 14.8. The molecule has 1 aromatic carbocycles. The second-order valence-corrected chi connectivity index (χ2v) is 6.31. The average Bonchev–Trinajstić information content (AvgIpc) is 2.85. The first kappa shape index (κ1) is 14.4. The molecule has 2 heterocycles. The lowest BCUT2D eigenvalue weighted by atomic mass is 9.96. The van der Waals surface area contributed by atoms with Gasteiger partial charge in [-0.2, -0.15) is 0 Å². The summed E-state index contributed by atoms with van der Waals surface area (Å²) < 4.78 is 5.23. The van der Waals surface area contributed by atoms with Crippen LogP contribution in [0.3, 0.4) is 0 Å². The highest BCUT2D eigenvalue weighted by atomic mass is 16.5. The van der Waals surface area contributed by atoms with E-state index in [1.54, 1.807) is 7.11 Å². The third-order valence-electron chi connectivity index (χ3n) is 4.81. The van der Waals surface area contributed by atoms with Crippen LogP contribution >= 0.6 is 0 Å². The van der Waals surface area contributed by atoms with E-state index in [0.29, 0.717) is 18.1 Å². The third-order valence-corrected chi connectivity index (χ3v) is 4.81. The number of amides is 1. The summed E-state index contributed by atoms with van der Waals surface area (Å²) in [5.74, 6) is 0.772. The van der Waals surface area contributed by atoms with Crippen LogP contribution in [0.5, 0.6) is 5.75 Å². The van der Waals surface area contributed by atoms with Crippen LogP contribution in [0.4, 0.5) is 0 Å². The summed E-state index contributed by atoms with van der Waals surface area (Å²) >= 11 is 0. The molecule has 2 bridgehead atoms. The van der Waals surface area contributed by atoms with Gasteiger partial charge in [-0.3, -0.25) is 4.79 Å². The number of methoxy groups -OCH3 is 1. The van der Waals surface area contributed by atoms with Crippen molar-refractivity contribution in [1.82, 2.24) is 10.6 Å². The van der Waals surface area contributed by atoms with E-state index in [9.17, 15) is 4.79 Å². The Morgan fingerprint density at radius 1 is 1.33 bits per heavy atom. The maximum atomic E-state index is 12.5. The standard InChI is InChI=1S/C17H24N2O2/c1-11(12-4-3-5-16(8-12)21-2)17(20)19-15-9-13-6-7-14(10-15)18-13/h3-5,8,11,13-15,18H,6-7,9-10H2,1-2H3,(H,19,20). The van der Waals surface area contributed by atoms with Gasteiger partial charge in [0.2, 0.25) is 5.91 Å². The molecule has 21 heavy (non-hydrogen) atoms. The fourth-order valence-corrected chi connectivity index (χ4v) is 3.56. The van der Waals surface area contributed by atoms with E-state index >= 15 is 0 Å². The van der Waals surface area contributed by atoms with Crippen molar-refractivity contribution in [3.63, 3.8) is 0 Å². The molecule has 3 atom stereocenters. The first-order valence-corrected chi connectivity index (χ1v) is 7.86. The molecule has 0 aliphatic carbocycles. The van der Waals surface area contributed by atoms with Crippen molar-refractivity contribution in [2.24, 2.45) is 0 Å². The number of rotatable bonds is 4. The van der Waals surface area contributed by atoms with Crippen molar-refractivity contribution >= 4 is 5.91 Å². The molecule has 0 aromatic heterocycles. The number of hydrogen-bond acceptors (Lipinski definition) is 3. The van der Waals surface area contributed by atoms with E-state index < -0.39 is 0 Å². The minimum atomic E-state index is -0.146. The smallest absolute Gasteiger partial charge is 0.227 e. The summed E-state index contributed by atoms with van der Waals surface area (Å²) in [5.41, 5.74) is 1.00. The van der Waals surface area contributed by atoms with E-state index in [1.807, 2.05) is 31.2 Å². The number of nitrogens with one attached hydrogen (secondary N) is 2. The maximum Gasteiger partial charge on any atom is 0.227 e. The topological polar surface area (TPSA) is 50.4 Å². The monoisotopic (exact) mass is 288 g/mol. The Kier molecular flexibility index (Phi) is 4.15.